The third kappa shape index (κ3) is 1.78. The van der Waals surface area contributed by atoms with Crippen molar-refractivity contribution in [2.45, 2.75) is 20.4 Å². The van der Waals surface area contributed by atoms with Gasteiger partial charge in [-0.15, -0.1) is 0 Å². The van der Waals surface area contributed by atoms with Crippen molar-refractivity contribution in [3.05, 3.63) is 30.6 Å². The van der Waals surface area contributed by atoms with Gasteiger partial charge in [-0.25, -0.2) is 4.98 Å². The number of hydrogen-bond acceptors (Lipinski definition) is 2. The van der Waals surface area contributed by atoms with E-state index in [2.05, 4.69) is 4.98 Å². The van der Waals surface area contributed by atoms with Crippen molar-refractivity contribution in [3.8, 4) is 0 Å². The molecular formula is C12H14N2O2. The third-order valence-electron chi connectivity index (χ3n) is 2.67. The molecule has 1 aromatic carbocycles. The van der Waals surface area contributed by atoms with Crippen LogP contribution in [0, 0.1) is 5.41 Å². The first-order valence-electron chi connectivity index (χ1n) is 5.14. The first-order chi connectivity index (χ1) is 7.50. The van der Waals surface area contributed by atoms with Gasteiger partial charge in [0.05, 0.1) is 22.8 Å². The van der Waals surface area contributed by atoms with Crippen molar-refractivity contribution < 1.29 is 9.90 Å². The summed E-state index contributed by atoms with van der Waals surface area (Å²) >= 11 is 0. The van der Waals surface area contributed by atoms with Crippen LogP contribution in [0.2, 0.25) is 0 Å². The van der Waals surface area contributed by atoms with Crippen LogP contribution in [0.5, 0.6) is 0 Å². The Bertz CT molecular complexity index is 529. The topological polar surface area (TPSA) is 55.1 Å². The maximum absolute atomic E-state index is 11.0. The van der Waals surface area contributed by atoms with Gasteiger partial charge in [-0.1, -0.05) is 12.1 Å². The Labute approximate surface area is 93.5 Å². The Morgan fingerprint density at radius 2 is 2.12 bits per heavy atom. The fourth-order valence-corrected chi connectivity index (χ4v) is 1.63. The summed E-state index contributed by atoms with van der Waals surface area (Å²) in [5.74, 6) is -0.801. The molecule has 0 atom stereocenters. The molecule has 0 unspecified atom stereocenters. The minimum absolute atomic E-state index is 0.419. The number of carbonyl (C=O) groups is 1. The average molecular weight is 218 g/mol. The number of carboxylic acids is 1. The molecule has 1 heterocycles. The summed E-state index contributed by atoms with van der Waals surface area (Å²) in [5, 5.41) is 9.08. The van der Waals surface area contributed by atoms with Crippen LogP contribution in [0.25, 0.3) is 11.0 Å². The van der Waals surface area contributed by atoms with Crippen LogP contribution in [0.3, 0.4) is 0 Å². The Morgan fingerprint density at radius 1 is 1.44 bits per heavy atom. The second kappa shape index (κ2) is 3.63. The highest BCUT2D eigenvalue weighted by molar-refractivity contribution is 5.76. The molecule has 0 radical (unpaired) electrons. The average Bonchev–Trinajstić information content (AvgIpc) is 2.61. The molecule has 2 rings (SSSR count). The predicted molar refractivity (Wildman–Crippen MR) is 61.1 cm³/mol. The number of para-hydroxylation sites is 2. The maximum Gasteiger partial charge on any atom is 0.310 e. The highest BCUT2D eigenvalue weighted by atomic mass is 16.4. The molecular weight excluding hydrogens is 204 g/mol. The van der Waals surface area contributed by atoms with Gasteiger partial charge in [0.15, 0.2) is 0 Å². The lowest BCUT2D eigenvalue weighted by atomic mass is 9.94. The molecule has 0 saturated heterocycles. The molecule has 0 amide bonds. The Hall–Kier alpha value is -1.84. The van der Waals surface area contributed by atoms with Crippen LogP contribution in [0.1, 0.15) is 13.8 Å². The van der Waals surface area contributed by atoms with Crippen LogP contribution < -0.4 is 0 Å². The second-order valence-corrected chi connectivity index (χ2v) is 4.55. The number of benzene rings is 1. The lowest BCUT2D eigenvalue weighted by Gasteiger charge is -2.19. The van der Waals surface area contributed by atoms with Crippen molar-refractivity contribution in [1.82, 2.24) is 9.55 Å². The third-order valence-corrected chi connectivity index (χ3v) is 2.67. The highest BCUT2D eigenvalue weighted by Crippen LogP contribution is 2.21. The van der Waals surface area contributed by atoms with E-state index in [1.165, 1.54) is 0 Å². The van der Waals surface area contributed by atoms with Crippen molar-refractivity contribution in [2.75, 3.05) is 0 Å². The van der Waals surface area contributed by atoms with Gasteiger partial charge in [0.1, 0.15) is 0 Å². The van der Waals surface area contributed by atoms with E-state index < -0.39 is 11.4 Å². The standard InChI is InChI=1S/C12H14N2O2/c1-12(2,11(15)16)7-14-8-13-9-5-3-4-6-10(9)14/h3-6,8H,7H2,1-2H3,(H,15,16). The summed E-state index contributed by atoms with van der Waals surface area (Å²) in [7, 11) is 0. The Morgan fingerprint density at radius 3 is 2.81 bits per heavy atom. The van der Waals surface area contributed by atoms with Gasteiger partial charge in [-0.05, 0) is 26.0 Å². The summed E-state index contributed by atoms with van der Waals surface area (Å²) < 4.78 is 1.88. The van der Waals surface area contributed by atoms with E-state index in [9.17, 15) is 4.79 Å². The van der Waals surface area contributed by atoms with Gasteiger partial charge in [-0.3, -0.25) is 4.79 Å². The molecule has 84 valence electrons. The molecule has 16 heavy (non-hydrogen) atoms. The van der Waals surface area contributed by atoms with E-state index in [0.29, 0.717) is 6.54 Å². The van der Waals surface area contributed by atoms with Crippen LogP contribution in [-0.4, -0.2) is 20.6 Å². The number of fused-ring (bicyclic) bond motifs is 1. The molecule has 0 aliphatic heterocycles. The highest BCUT2D eigenvalue weighted by Gasteiger charge is 2.28. The number of nitrogens with zero attached hydrogens (tertiary/aromatic N) is 2. The largest absolute Gasteiger partial charge is 0.481 e. The van der Waals surface area contributed by atoms with Crippen LogP contribution in [0.4, 0.5) is 0 Å². The van der Waals surface area contributed by atoms with Crippen LogP contribution in [-0.2, 0) is 11.3 Å². The van der Waals surface area contributed by atoms with E-state index in [1.807, 2.05) is 28.8 Å². The Balaban J connectivity index is 2.38. The molecule has 0 fully saturated rings. The van der Waals surface area contributed by atoms with Gasteiger partial charge in [0.2, 0.25) is 0 Å². The van der Waals surface area contributed by atoms with Crippen molar-refractivity contribution >= 4 is 17.0 Å². The summed E-state index contributed by atoms with van der Waals surface area (Å²) in [6, 6.07) is 7.70. The number of aliphatic carboxylic acids is 1. The Kier molecular flexibility index (Phi) is 2.42. The van der Waals surface area contributed by atoms with Crippen molar-refractivity contribution in [3.63, 3.8) is 0 Å². The fourth-order valence-electron chi connectivity index (χ4n) is 1.63. The summed E-state index contributed by atoms with van der Waals surface area (Å²) in [6.07, 6.45) is 1.69. The molecule has 1 N–H and O–H groups in total. The minimum atomic E-state index is -0.801. The molecule has 2 aromatic rings. The van der Waals surface area contributed by atoms with Crippen LogP contribution >= 0.6 is 0 Å². The predicted octanol–water partition coefficient (Wildman–Crippen LogP) is 2.15. The number of aromatic nitrogens is 2. The van der Waals surface area contributed by atoms with Gasteiger partial charge in [0, 0.05) is 6.54 Å². The van der Waals surface area contributed by atoms with E-state index in [1.54, 1.807) is 20.2 Å². The normalized spacial score (nSPS) is 11.9. The van der Waals surface area contributed by atoms with Gasteiger partial charge in [-0.2, -0.15) is 0 Å². The zero-order chi connectivity index (χ0) is 11.8. The molecule has 0 spiro atoms. The zero-order valence-electron chi connectivity index (χ0n) is 9.34. The number of hydrogen-bond donors (Lipinski definition) is 1. The SMILES string of the molecule is CC(C)(Cn1cnc2ccccc21)C(=O)O. The van der Waals surface area contributed by atoms with Gasteiger partial charge >= 0.3 is 5.97 Å². The molecule has 0 bridgehead atoms. The van der Waals surface area contributed by atoms with E-state index in [-0.39, 0.29) is 0 Å². The van der Waals surface area contributed by atoms with Crippen molar-refractivity contribution in [2.24, 2.45) is 5.41 Å². The van der Waals surface area contributed by atoms with E-state index in [0.717, 1.165) is 11.0 Å². The molecule has 4 heteroatoms. The molecule has 1 aromatic heterocycles. The molecule has 4 nitrogen and oxygen atoms in total. The summed E-state index contributed by atoms with van der Waals surface area (Å²) in [6.45, 7) is 3.84. The van der Waals surface area contributed by atoms with Gasteiger partial charge in [0.25, 0.3) is 0 Å². The second-order valence-electron chi connectivity index (χ2n) is 4.55. The first-order valence-corrected chi connectivity index (χ1v) is 5.14. The number of imidazole rings is 1. The van der Waals surface area contributed by atoms with Crippen LogP contribution in [0.15, 0.2) is 30.6 Å². The van der Waals surface area contributed by atoms with E-state index in [4.69, 9.17) is 5.11 Å². The number of carboxylic acid groups (broad SMARTS) is 1. The quantitative estimate of drug-likeness (QED) is 0.858. The lowest BCUT2D eigenvalue weighted by Crippen LogP contribution is -2.28. The smallest absolute Gasteiger partial charge is 0.310 e. The maximum atomic E-state index is 11.0. The first kappa shape index (κ1) is 10.7. The molecule has 0 aliphatic rings. The zero-order valence-corrected chi connectivity index (χ0v) is 9.34. The van der Waals surface area contributed by atoms with Crippen molar-refractivity contribution in [1.29, 1.82) is 0 Å². The van der Waals surface area contributed by atoms with Gasteiger partial charge < -0.3 is 9.67 Å². The molecule has 0 aliphatic carbocycles. The molecule has 0 saturated carbocycles. The fraction of sp³-hybridized carbons (Fsp3) is 0.333. The monoisotopic (exact) mass is 218 g/mol. The minimum Gasteiger partial charge on any atom is -0.481 e. The van der Waals surface area contributed by atoms with E-state index >= 15 is 0 Å². The summed E-state index contributed by atoms with van der Waals surface area (Å²) in [5.41, 5.74) is 1.07. The summed E-state index contributed by atoms with van der Waals surface area (Å²) in [4.78, 5) is 15.3. The number of rotatable bonds is 3. The lowest BCUT2D eigenvalue weighted by molar-refractivity contribution is -0.147.